The van der Waals surface area contributed by atoms with Crippen LogP contribution in [0.2, 0.25) is 0 Å². The van der Waals surface area contributed by atoms with Gasteiger partial charge in [-0.2, -0.15) is 0 Å². The van der Waals surface area contributed by atoms with Gasteiger partial charge in [0.05, 0.1) is 15.7 Å². The summed E-state index contributed by atoms with van der Waals surface area (Å²) in [4.78, 5) is 12.6. The Balaban J connectivity index is 2.70. The number of rotatable bonds is 0. The van der Waals surface area contributed by atoms with Crippen LogP contribution in [0.3, 0.4) is 0 Å². The first-order valence-electron chi connectivity index (χ1n) is 4.77. The maximum atomic E-state index is 12.1. The summed E-state index contributed by atoms with van der Waals surface area (Å²) < 4.78 is 12.9. The van der Waals surface area contributed by atoms with Gasteiger partial charge < -0.3 is 0 Å². The summed E-state index contributed by atoms with van der Waals surface area (Å²) in [7, 11) is -1.09. The molecule has 0 amide bonds. The summed E-state index contributed by atoms with van der Waals surface area (Å²) in [6, 6.07) is 5.39. The van der Waals surface area contributed by atoms with Gasteiger partial charge in [0.1, 0.15) is 0 Å². The number of carbonyl (C=O) groups excluding carboxylic acids is 1. The van der Waals surface area contributed by atoms with Crippen LogP contribution in [0.1, 0.15) is 24.2 Å². The number of halogens is 1. The summed E-state index contributed by atoms with van der Waals surface area (Å²) in [5.74, 6) is -0.0639. The normalized spacial score (nSPS) is 30.1. The van der Waals surface area contributed by atoms with Gasteiger partial charge in [-0.15, -0.1) is 0 Å². The van der Waals surface area contributed by atoms with Crippen LogP contribution in [0, 0.1) is 5.92 Å². The van der Waals surface area contributed by atoms with Crippen molar-refractivity contribution in [2.24, 2.45) is 5.92 Å². The highest BCUT2D eigenvalue weighted by Crippen LogP contribution is 2.34. The van der Waals surface area contributed by atoms with Gasteiger partial charge in [-0.25, -0.2) is 0 Å². The molecule has 0 N–H and O–H groups in total. The molecule has 0 aromatic heterocycles. The average Bonchev–Trinajstić information content (AvgIpc) is 2.23. The zero-order valence-electron chi connectivity index (χ0n) is 8.49. The number of Topliss-reactive ketones (excluding diaryl/α,β-unsaturated/α-hetero) is 1. The van der Waals surface area contributed by atoms with E-state index >= 15 is 0 Å². The fraction of sp³-hybridized carbons (Fsp3) is 0.364. The Morgan fingerprint density at radius 2 is 2.00 bits per heavy atom. The van der Waals surface area contributed by atoms with Crippen molar-refractivity contribution >= 4 is 32.5 Å². The van der Waals surface area contributed by atoms with Crippen molar-refractivity contribution in [3.63, 3.8) is 0 Å². The highest BCUT2D eigenvalue weighted by molar-refractivity contribution is 9.10. The Morgan fingerprint density at radius 3 is 2.67 bits per heavy atom. The first kappa shape index (κ1) is 11.0. The standard InChI is InChI=1S/C11H11BrO2S/c1-6-7(2)15(14)11-8(10(6)13)4-3-5-9(11)12/h3-7H,1-2H3. The average molecular weight is 287 g/mol. The minimum absolute atomic E-state index is 0.0957. The van der Waals surface area contributed by atoms with E-state index < -0.39 is 10.8 Å². The molecule has 0 fully saturated rings. The molecule has 1 aromatic carbocycles. The summed E-state index contributed by atoms with van der Waals surface area (Å²) in [6.07, 6.45) is 0. The predicted octanol–water partition coefficient (Wildman–Crippen LogP) is 2.78. The third-order valence-corrected chi connectivity index (χ3v) is 5.74. The lowest BCUT2D eigenvalue weighted by molar-refractivity contribution is 0.0922. The van der Waals surface area contributed by atoms with E-state index in [0.717, 1.165) is 4.47 Å². The molecule has 4 heteroatoms. The highest BCUT2D eigenvalue weighted by Gasteiger charge is 2.36. The number of fused-ring (bicyclic) bond motifs is 1. The fourth-order valence-corrected chi connectivity index (χ4v) is 4.09. The lowest BCUT2D eigenvalue weighted by Gasteiger charge is -2.26. The van der Waals surface area contributed by atoms with Gasteiger partial charge in [0.15, 0.2) is 5.78 Å². The SMILES string of the molecule is CC1C(=O)c2cccc(Br)c2S(=O)C1C. The molecular formula is C11H11BrO2S. The molecular weight excluding hydrogens is 276 g/mol. The molecule has 3 atom stereocenters. The van der Waals surface area contributed by atoms with Crippen molar-refractivity contribution in [2.75, 3.05) is 0 Å². The van der Waals surface area contributed by atoms with E-state index in [0.29, 0.717) is 10.5 Å². The Hall–Kier alpha value is -0.480. The zero-order chi connectivity index (χ0) is 11.2. The number of benzene rings is 1. The van der Waals surface area contributed by atoms with Crippen molar-refractivity contribution in [1.29, 1.82) is 0 Å². The second-order valence-corrected chi connectivity index (χ2v) is 6.37. The molecule has 1 aliphatic heterocycles. The van der Waals surface area contributed by atoms with Crippen LogP contribution in [0.15, 0.2) is 27.6 Å². The first-order chi connectivity index (χ1) is 7.04. The van der Waals surface area contributed by atoms with Gasteiger partial charge in [0.2, 0.25) is 0 Å². The topological polar surface area (TPSA) is 34.1 Å². The molecule has 1 heterocycles. The monoisotopic (exact) mass is 286 g/mol. The largest absolute Gasteiger partial charge is 0.294 e. The molecule has 1 aromatic rings. The van der Waals surface area contributed by atoms with E-state index in [9.17, 15) is 9.00 Å². The van der Waals surface area contributed by atoms with E-state index in [4.69, 9.17) is 0 Å². The molecule has 0 aliphatic carbocycles. The molecule has 0 spiro atoms. The molecule has 15 heavy (non-hydrogen) atoms. The Bertz CT molecular complexity index is 456. The molecule has 2 rings (SSSR count). The highest BCUT2D eigenvalue weighted by atomic mass is 79.9. The van der Waals surface area contributed by atoms with Crippen molar-refractivity contribution < 1.29 is 9.00 Å². The van der Waals surface area contributed by atoms with Crippen molar-refractivity contribution in [1.82, 2.24) is 0 Å². The van der Waals surface area contributed by atoms with E-state index in [1.807, 2.05) is 19.9 Å². The third-order valence-electron chi connectivity index (χ3n) is 2.89. The van der Waals surface area contributed by atoms with Gasteiger partial charge in [0, 0.05) is 21.2 Å². The van der Waals surface area contributed by atoms with Gasteiger partial charge >= 0.3 is 0 Å². The molecule has 80 valence electrons. The maximum absolute atomic E-state index is 12.1. The van der Waals surface area contributed by atoms with Crippen LogP contribution in [-0.4, -0.2) is 15.2 Å². The van der Waals surface area contributed by atoms with E-state index in [1.54, 1.807) is 12.1 Å². The molecule has 0 bridgehead atoms. The molecule has 0 radical (unpaired) electrons. The van der Waals surface area contributed by atoms with Gasteiger partial charge in [-0.05, 0) is 28.9 Å². The Kier molecular flexibility index (Phi) is 2.81. The van der Waals surface area contributed by atoms with Crippen LogP contribution in [0.5, 0.6) is 0 Å². The second-order valence-electron chi connectivity index (χ2n) is 3.77. The van der Waals surface area contributed by atoms with Crippen LogP contribution in [0.25, 0.3) is 0 Å². The van der Waals surface area contributed by atoms with E-state index in [1.165, 1.54) is 0 Å². The summed E-state index contributed by atoms with van der Waals surface area (Å²) in [5, 5.41) is -0.108. The molecule has 3 unspecified atom stereocenters. The minimum Gasteiger partial charge on any atom is -0.294 e. The first-order valence-corrected chi connectivity index (χ1v) is 6.78. The Labute approximate surface area is 99.7 Å². The number of ketones is 1. The lowest BCUT2D eigenvalue weighted by atomic mass is 9.96. The van der Waals surface area contributed by atoms with Crippen LogP contribution in [0.4, 0.5) is 0 Å². The molecule has 1 aliphatic rings. The smallest absolute Gasteiger partial charge is 0.168 e. The Morgan fingerprint density at radius 1 is 1.33 bits per heavy atom. The summed E-state index contributed by atoms with van der Waals surface area (Å²) in [6.45, 7) is 3.70. The van der Waals surface area contributed by atoms with Crippen LogP contribution in [-0.2, 0) is 10.8 Å². The maximum Gasteiger partial charge on any atom is 0.168 e. The summed E-state index contributed by atoms with van der Waals surface area (Å²) >= 11 is 3.35. The summed E-state index contributed by atoms with van der Waals surface area (Å²) in [5.41, 5.74) is 0.605. The van der Waals surface area contributed by atoms with Crippen LogP contribution >= 0.6 is 15.9 Å². The van der Waals surface area contributed by atoms with Crippen molar-refractivity contribution in [2.45, 2.75) is 24.0 Å². The predicted molar refractivity (Wildman–Crippen MR) is 63.5 cm³/mol. The van der Waals surface area contributed by atoms with E-state index in [-0.39, 0.29) is 17.0 Å². The van der Waals surface area contributed by atoms with Crippen molar-refractivity contribution in [3.05, 3.63) is 28.2 Å². The number of hydrogen-bond acceptors (Lipinski definition) is 2. The number of carbonyl (C=O) groups is 1. The van der Waals surface area contributed by atoms with E-state index in [2.05, 4.69) is 15.9 Å². The lowest BCUT2D eigenvalue weighted by Crippen LogP contribution is -2.33. The second kappa shape index (κ2) is 3.83. The minimum atomic E-state index is -1.09. The molecule has 0 saturated carbocycles. The number of hydrogen-bond donors (Lipinski definition) is 0. The van der Waals surface area contributed by atoms with Crippen molar-refractivity contribution in [3.8, 4) is 0 Å². The fourth-order valence-electron chi connectivity index (χ4n) is 1.74. The molecule has 2 nitrogen and oxygen atoms in total. The van der Waals surface area contributed by atoms with Gasteiger partial charge in [0.25, 0.3) is 0 Å². The third kappa shape index (κ3) is 1.60. The van der Waals surface area contributed by atoms with Gasteiger partial charge in [-0.3, -0.25) is 9.00 Å². The van der Waals surface area contributed by atoms with Gasteiger partial charge in [-0.1, -0.05) is 19.1 Å². The molecule has 0 saturated heterocycles. The quantitative estimate of drug-likeness (QED) is 0.735. The van der Waals surface area contributed by atoms with Crippen LogP contribution < -0.4 is 0 Å². The zero-order valence-corrected chi connectivity index (χ0v) is 10.9.